The summed E-state index contributed by atoms with van der Waals surface area (Å²) >= 11 is 9.44. The van der Waals surface area contributed by atoms with E-state index in [4.69, 9.17) is 16.3 Å². The third-order valence-corrected chi connectivity index (χ3v) is 6.57. The van der Waals surface area contributed by atoms with Crippen molar-refractivity contribution in [3.05, 3.63) is 63.9 Å². The molecule has 28 heavy (non-hydrogen) atoms. The van der Waals surface area contributed by atoms with E-state index in [1.807, 2.05) is 40.6 Å². The summed E-state index contributed by atoms with van der Waals surface area (Å²) in [6, 6.07) is 16.1. The number of nitrogens with zero attached hydrogens (tertiary/aromatic N) is 2. The highest BCUT2D eigenvalue weighted by Crippen LogP contribution is 2.22. The average molecular weight is 435 g/mol. The molecule has 148 valence electrons. The van der Waals surface area contributed by atoms with Gasteiger partial charge in [0, 0.05) is 30.9 Å². The number of rotatable bonds is 9. The van der Waals surface area contributed by atoms with Gasteiger partial charge in [0.2, 0.25) is 5.91 Å². The van der Waals surface area contributed by atoms with Crippen LogP contribution in [0.25, 0.3) is 10.2 Å². The number of carbonyl (C=O) groups is 1. The largest absolute Gasteiger partial charge is 0.383 e. The Morgan fingerprint density at radius 3 is 2.86 bits per heavy atom. The van der Waals surface area contributed by atoms with Crippen LogP contribution in [0.5, 0.6) is 0 Å². The first-order valence-corrected chi connectivity index (χ1v) is 11.5. The fourth-order valence-electron chi connectivity index (χ4n) is 2.78. The van der Waals surface area contributed by atoms with E-state index in [1.54, 1.807) is 7.11 Å². The summed E-state index contributed by atoms with van der Waals surface area (Å²) in [4.78, 5) is 17.4. The zero-order valence-corrected chi connectivity index (χ0v) is 18.2. The molecule has 4 nitrogen and oxygen atoms in total. The maximum atomic E-state index is 12.4. The lowest BCUT2D eigenvalue weighted by Gasteiger charge is -2.04. The number of carbonyl (C=O) groups excluding carboxylic acids is 1. The molecule has 0 N–H and O–H groups in total. The molecule has 3 aromatic rings. The molecule has 3 rings (SSSR count). The molecule has 0 saturated heterocycles. The Labute approximate surface area is 178 Å². The second kappa shape index (κ2) is 10.8. The summed E-state index contributed by atoms with van der Waals surface area (Å²) in [6.45, 7) is 1.21. The molecule has 0 aliphatic heterocycles. The predicted octanol–water partition coefficient (Wildman–Crippen LogP) is 5.14. The van der Waals surface area contributed by atoms with E-state index in [0.29, 0.717) is 29.4 Å². The molecule has 0 fully saturated rings. The first-order chi connectivity index (χ1) is 13.7. The van der Waals surface area contributed by atoms with Crippen molar-refractivity contribution in [3.63, 3.8) is 0 Å². The van der Waals surface area contributed by atoms with Crippen molar-refractivity contribution in [3.8, 4) is 0 Å². The van der Waals surface area contributed by atoms with Gasteiger partial charge in [-0.1, -0.05) is 53.3 Å². The van der Waals surface area contributed by atoms with Crippen molar-refractivity contribution in [1.29, 1.82) is 0 Å². The Morgan fingerprint density at radius 2 is 2.07 bits per heavy atom. The maximum absolute atomic E-state index is 12.4. The molecular weight excluding hydrogens is 412 g/mol. The van der Waals surface area contributed by atoms with E-state index in [2.05, 4.69) is 29.3 Å². The number of methoxy groups -OCH3 is 1. The standard InChI is InChI=1S/C21H23ClN2O2S2/c1-26-12-11-24-18-10-9-17(22)14-19(18)28-21(24)23-20(25)8-5-13-27-15-16-6-3-2-4-7-16/h2-4,6-7,9-10,14H,5,8,11-13,15H2,1H3. The number of ether oxygens (including phenoxy) is 1. The molecule has 0 saturated carbocycles. The first kappa shape index (κ1) is 21.1. The fraction of sp³-hybridized carbons (Fsp3) is 0.333. The lowest BCUT2D eigenvalue weighted by atomic mass is 10.2. The highest BCUT2D eigenvalue weighted by Gasteiger charge is 2.08. The second-order valence-electron chi connectivity index (χ2n) is 6.29. The predicted molar refractivity (Wildman–Crippen MR) is 119 cm³/mol. The molecule has 0 spiro atoms. The van der Waals surface area contributed by atoms with Crippen LogP contribution in [0.1, 0.15) is 18.4 Å². The van der Waals surface area contributed by atoms with Crippen LogP contribution in [-0.2, 0) is 21.8 Å². The number of hydrogen-bond acceptors (Lipinski definition) is 4. The molecule has 2 aromatic carbocycles. The summed E-state index contributed by atoms with van der Waals surface area (Å²) in [5.41, 5.74) is 2.34. The van der Waals surface area contributed by atoms with Crippen molar-refractivity contribution >= 4 is 50.8 Å². The van der Waals surface area contributed by atoms with Crippen LogP contribution < -0.4 is 4.80 Å². The van der Waals surface area contributed by atoms with E-state index in [-0.39, 0.29) is 5.91 Å². The number of amides is 1. The first-order valence-electron chi connectivity index (χ1n) is 9.14. The number of halogens is 1. The Morgan fingerprint density at radius 1 is 1.25 bits per heavy atom. The Bertz CT molecular complexity index is 983. The quantitative estimate of drug-likeness (QED) is 0.438. The zero-order chi connectivity index (χ0) is 19.8. The van der Waals surface area contributed by atoms with Crippen LogP contribution in [0, 0.1) is 0 Å². The minimum Gasteiger partial charge on any atom is -0.383 e. The summed E-state index contributed by atoms with van der Waals surface area (Å²) in [7, 11) is 1.67. The second-order valence-corrected chi connectivity index (χ2v) is 8.84. The van der Waals surface area contributed by atoms with Gasteiger partial charge in [-0.05, 0) is 35.9 Å². The lowest BCUT2D eigenvalue weighted by molar-refractivity contribution is -0.118. The Kier molecular flexibility index (Phi) is 8.15. The SMILES string of the molecule is COCCn1c(=NC(=O)CCCSCc2ccccc2)sc2cc(Cl)ccc21. The minimum absolute atomic E-state index is 0.0795. The lowest BCUT2D eigenvalue weighted by Crippen LogP contribution is -2.19. The Balaban J connectivity index is 1.61. The van der Waals surface area contributed by atoms with Gasteiger partial charge in [-0.2, -0.15) is 16.8 Å². The molecule has 0 radical (unpaired) electrons. The van der Waals surface area contributed by atoms with Crippen molar-refractivity contribution in [1.82, 2.24) is 4.57 Å². The number of fused-ring (bicyclic) bond motifs is 1. The van der Waals surface area contributed by atoms with Gasteiger partial charge < -0.3 is 9.30 Å². The van der Waals surface area contributed by atoms with Crippen molar-refractivity contribution in [2.24, 2.45) is 4.99 Å². The van der Waals surface area contributed by atoms with Gasteiger partial charge in [0.05, 0.1) is 16.8 Å². The smallest absolute Gasteiger partial charge is 0.248 e. The van der Waals surface area contributed by atoms with Gasteiger partial charge in [0.25, 0.3) is 0 Å². The summed E-state index contributed by atoms with van der Waals surface area (Å²) in [5.74, 6) is 1.84. The van der Waals surface area contributed by atoms with Crippen molar-refractivity contribution < 1.29 is 9.53 Å². The number of benzene rings is 2. The van der Waals surface area contributed by atoms with Crippen LogP contribution in [0.15, 0.2) is 53.5 Å². The molecule has 0 aliphatic carbocycles. The summed E-state index contributed by atoms with van der Waals surface area (Å²) in [6.07, 6.45) is 1.29. The number of aromatic nitrogens is 1. The highest BCUT2D eigenvalue weighted by molar-refractivity contribution is 7.98. The Hall–Kier alpha value is -1.60. The number of hydrogen-bond donors (Lipinski definition) is 0. The van der Waals surface area contributed by atoms with Gasteiger partial charge in [0.1, 0.15) is 0 Å². The van der Waals surface area contributed by atoms with E-state index in [0.717, 1.165) is 28.1 Å². The van der Waals surface area contributed by atoms with Gasteiger partial charge >= 0.3 is 0 Å². The van der Waals surface area contributed by atoms with Gasteiger partial charge in [-0.15, -0.1) is 0 Å². The molecule has 0 bridgehead atoms. The van der Waals surface area contributed by atoms with Crippen LogP contribution >= 0.6 is 34.7 Å². The molecular formula is C21H23ClN2O2S2. The van der Waals surface area contributed by atoms with Crippen molar-refractivity contribution in [2.75, 3.05) is 19.5 Å². The number of thioether (sulfide) groups is 1. The molecule has 1 aromatic heterocycles. The van der Waals surface area contributed by atoms with Crippen LogP contribution in [-0.4, -0.2) is 29.9 Å². The third kappa shape index (κ3) is 5.95. The molecule has 1 heterocycles. The van der Waals surface area contributed by atoms with Gasteiger partial charge in [-0.25, -0.2) is 0 Å². The third-order valence-electron chi connectivity index (χ3n) is 4.18. The molecule has 0 atom stereocenters. The normalized spacial score (nSPS) is 12.0. The van der Waals surface area contributed by atoms with Gasteiger partial charge in [-0.3, -0.25) is 4.79 Å². The maximum Gasteiger partial charge on any atom is 0.248 e. The average Bonchev–Trinajstić information content (AvgIpc) is 3.02. The van der Waals surface area contributed by atoms with E-state index < -0.39 is 0 Å². The highest BCUT2D eigenvalue weighted by atomic mass is 35.5. The monoisotopic (exact) mass is 434 g/mol. The van der Waals surface area contributed by atoms with E-state index in [9.17, 15) is 4.79 Å². The minimum atomic E-state index is -0.0795. The molecule has 1 amide bonds. The van der Waals surface area contributed by atoms with Gasteiger partial charge in [0.15, 0.2) is 4.80 Å². The molecule has 7 heteroatoms. The zero-order valence-electron chi connectivity index (χ0n) is 15.8. The molecule has 0 unspecified atom stereocenters. The summed E-state index contributed by atoms with van der Waals surface area (Å²) < 4.78 is 8.26. The molecule has 0 aliphatic rings. The van der Waals surface area contributed by atoms with Crippen molar-refractivity contribution in [2.45, 2.75) is 25.1 Å². The van der Waals surface area contributed by atoms with E-state index in [1.165, 1.54) is 16.9 Å². The van der Waals surface area contributed by atoms with E-state index >= 15 is 0 Å². The van der Waals surface area contributed by atoms with Crippen LogP contribution in [0.3, 0.4) is 0 Å². The summed E-state index contributed by atoms with van der Waals surface area (Å²) in [5, 5.41) is 0.681. The van der Waals surface area contributed by atoms with Crippen LogP contribution in [0.4, 0.5) is 0 Å². The fourth-order valence-corrected chi connectivity index (χ4v) is 5.05. The topological polar surface area (TPSA) is 43.6 Å². The van der Waals surface area contributed by atoms with Crippen LogP contribution in [0.2, 0.25) is 5.02 Å². The number of thiazole rings is 1.